The summed E-state index contributed by atoms with van der Waals surface area (Å²) in [6.07, 6.45) is 1.64. The monoisotopic (exact) mass is 269 g/mol. The maximum Gasteiger partial charge on any atom is 0.326 e. The minimum Gasteiger partial charge on any atom is -0.480 e. The number of urea groups is 1. The molecule has 3 amide bonds. The van der Waals surface area contributed by atoms with Crippen molar-refractivity contribution in [2.24, 2.45) is 5.92 Å². The Labute approximate surface area is 111 Å². The number of rotatable bonds is 3. The van der Waals surface area contributed by atoms with E-state index in [9.17, 15) is 14.4 Å². The van der Waals surface area contributed by atoms with Crippen LogP contribution in [0.3, 0.4) is 0 Å². The first-order valence-electron chi connectivity index (χ1n) is 6.43. The molecule has 1 saturated heterocycles. The second-order valence-electron chi connectivity index (χ2n) is 5.57. The number of carboxylic acid groups (broad SMARTS) is 1. The number of carboxylic acids is 1. The predicted octanol–water partition coefficient (Wildman–Crippen LogP) is -0.230. The number of amides is 3. The topological polar surface area (TPSA) is 98.7 Å². The molecule has 0 spiro atoms. The van der Waals surface area contributed by atoms with Crippen LogP contribution in [0.4, 0.5) is 4.79 Å². The summed E-state index contributed by atoms with van der Waals surface area (Å²) in [5.41, 5.74) is -0.963. The summed E-state index contributed by atoms with van der Waals surface area (Å²) in [5, 5.41) is 14.3. The van der Waals surface area contributed by atoms with Gasteiger partial charge in [-0.15, -0.1) is 0 Å². The van der Waals surface area contributed by atoms with Crippen LogP contribution in [0.1, 0.15) is 26.7 Å². The van der Waals surface area contributed by atoms with Crippen molar-refractivity contribution in [3.8, 4) is 0 Å². The fourth-order valence-corrected chi connectivity index (χ4v) is 2.28. The fourth-order valence-electron chi connectivity index (χ4n) is 2.28. The lowest BCUT2D eigenvalue weighted by atomic mass is 9.99. The molecular formula is C12H19N3O4. The van der Waals surface area contributed by atoms with Crippen molar-refractivity contribution in [1.29, 1.82) is 0 Å². The second kappa shape index (κ2) is 4.71. The van der Waals surface area contributed by atoms with Crippen molar-refractivity contribution < 1.29 is 19.5 Å². The van der Waals surface area contributed by atoms with E-state index in [-0.39, 0.29) is 11.8 Å². The molecule has 1 atom stereocenters. The largest absolute Gasteiger partial charge is 0.480 e. The molecule has 0 bridgehead atoms. The Morgan fingerprint density at radius 3 is 2.63 bits per heavy atom. The molecule has 7 nitrogen and oxygen atoms in total. The van der Waals surface area contributed by atoms with Gasteiger partial charge in [0, 0.05) is 13.1 Å². The Balaban J connectivity index is 2.06. The Morgan fingerprint density at radius 1 is 1.47 bits per heavy atom. The minimum absolute atomic E-state index is 0.0168. The molecule has 2 fully saturated rings. The molecule has 1 saturated carbocycles. The van der Waals surface area contributed by atoms with Crippen LogP contribution in [0.5, 0.6) is 0 Å². The number of nitrogens with zero attached hydrogens (tertiary/aromatic N) is 1. The molecule has 0 radical (unpaired) electrons. The van der Waals surface area contributed by atoms with Crippen LogP contribution in [0.2, 0.25) is 0 Å². The lowest BCUT2D eigenvalue weighted by Crippen LogP contribution is -2.66. The van der Waals surface area contributed by atoms with Crippen molar-refractivity contribution >= 4 is 17.9 Å². The van der Waals surface area contributed by atoms with Crippen LogP contribution in [-0.4, -0.2) is 52.6 Å². The van der Waals surface area contributed by atoms with E-state index in [1.807, 2.05) is 0 Å². The van der Waals surface area contributed by atoms with E-state index in [1.165, 1.54) is 4.90 Å². The first-order chi connectivity index (χ1) is 8.84. The first kappa shape index (κ1) is 13.6. The van der Waals surface area contributed by atoms with Crippen molar-refractivity contribution in [2.45, 2.75) is 38.3 Å². The molecule has 2 aliphatic rings. The van der Waals surface area contributed by atoms with Gasteiger partial charge in [-0.05, 0) is 32.6 Å². The fraction of sp³-hybridized carbons (Fsp3) is 0.750. The van der Waals surface area contributed by atoms with E-state index in [2.05, 4.69) is 10.6 Å². The van der Waals surface area contributed by atoms with Crippen LogP contribution >= 0.6 is 0 Å². The summed E-state index contributed by atoms with van der Waals surface area (Å²) >= 11 is 0. The lowest BCUT2D eigenvalue weighted by molar-refractivity contribution is -0.139. The van der Waals surface area contributed by atoms with Gasteiger partial charge in [0.1, 0.15) is 11.6 Å². The minimum atomic E-state index is -1.02. The molecule has 1 aliphatic heterocycles. The van der Waals surface area contributed by atoms with E-state index in [4.69, 9.17) is 5.11 Å². The van der Waals surface area contributed by atoms with Crippen LogP contribution in [0, 0.1) is 5.92 Å². The quantitative estimate of drug-likeness (QED) is 0.659. The molecule has 1 heterocycles. The summed E-state index contributed by atoms with van der Waals surface area (Å²) < 4.78 is 0. The van der Waals surface area contributed by atoms with Crippen LogP contribution in [-0.2, 0) is 9.59 Å². The molecule has 1 aliphatic carbocycles. The second-order valence-corrected chi connectivity index (χ2v) is 5.57. The van der Waals surface area contributed by atoms with Gasteiger partial charge in [0.15, 0.2) is 0 Å². The zero-order valence-electron chi connectivity index (χ0n) is 11.1. The van der Waals surface area contributed by atoms with Gasteiger partial charge in [0.05, 0.1) is 0 Å². The molecule has 1 unspecified atom stereocenters. The standard InChI is InChI=1S/C12H19N3O4/c1-12(2)10(18)13-5-6-15(12)11(19)14-8(9(16)17)7-3-4-7/h7-8H,3-6H2,1-2H3,(H,13,18)(H,14,19)(H,16,17). The van der Waals surface area contributed by atoms with Gasteiger partial charge >= 0.3 is 12.0 Å². The smallest absolute Gasteiger partial charge is 0.326 e. The van der Waals surface area contributed by atoms with E-state index >= 15 is 0 Å². The van der Waals surface area contributed by atoms with E-state index < -0.39 is 23.6 Å². The average molecular weight is 269 g/mol. The van der Waals surface area contributed by atoms with Gasteiger partial charge in [0.25, 0.3) is 0 Å². The van der Waals surface area contributed by atoms with Gasteiger partial charge in [-0.1, -0.05) is 0 Å². The molecule has 2 rings (SSSR count). The van der Waals surface area contributed by atoms with E-state index in [0.717, 1.165) is 12.8 Å². The Hall–Kier alpha value is -1.79. The maximum absolute atomic E-state index is 12.2. The third-order valence-corrected chi connectivity index (χ3v) is 3.74. The van der Waals surface area contributed by atoms with Crippen molar-refractivity contribution in [2.75, 3.05) is 13.1 Å². The average Bonchev–Trinajstić information content (AvgIpc) is 3.12. The van der Waals surface area contributed by atoms with Gasteiger partial charge < -0.3 is 20.6 Å². The van der Waals surface area contributed by atoms with Crippen molar-refractivity contribution in [1.82, 2.24) is 15.5 Å². The number of nitrogens with one attached hydrogen (secondary N) is 2. The van der Waals surface area contributed by atoms with Gasteiger partial charge in [-0.2, -0.15) is 0 Å². The zero-order chi connectivity index (χ0) is 14.2. The summed E-state index contributed by atoms with van der Waals surface area (Å²) in [4.78, 5) is 36.4. The highest BCUT2D eigenvalue weighted by atomic mass is 16.4. The van der Waals surface area contributed by atoms with Gasteiger partial charge in [0.2, 0.25) is 5.91 Å². The number of carbonyl (C=O) groups excluding carboxylic acids is 2. The highest BCUT2D eigenvalue weighted by molar-refractivity contribution is 5.92. The van der Waals surface area contributed by atoms with Crippen molar-refractivity contribution in [3.05, 3.63) is 0 Å². The molecule has 0 aromatic carbocycles. The third-order valence-electron chi connectivity index (χ3n) is 3.74. The molecule has 19 heavy (non-hydrogen) atoms. The number of aliphatic carboxylic acids is 1. The summed E-state index contributed by atoms with van der Waals surface area (Å²) in [6.45, 7) is 4.06. The Bertz CT molecular complexity index is 417. The lowest BCUT2D eigenvalue weighted by Gasteiger charge is -2.41. The summed E-state index contributed by atoms with van der Waals surface area (Å²) in [6, 6.07) is -1.34. The van der Waals surface area contributed by atoms with Crippen LogP contribution < -0.4 is 10.6 Å². The number of piperazine rings is 1. The normalized spacial score (nSPS) is 23.5. The number of carbonyl (C=O) groups is 3. The molecule has 7 heteroatoms. The zero-order valence-corrected chi connectivity index (χ0v) is 11.1. The van der Waals surface area contributed by atoms with Crippen molar-refractivity contribution in [3.63, 3.8) is 0 Å². The van der Waals surface area contributed by atoms with E-state index in [0.29, 0.717) is 13.1 Å². The summed E-state index contributed by atoms with van der Waals surface area (Å²) in [5.74, 6) is -1.23. The summed E-state index contributed by atoms with van der Waals surface area (Å²) in [7, 11) is 0. The number of hydrogen-bond acceptors (Lipinski definition) is 3. The highest BCUT2D eigenvalue weighted by Crippen LogP contribution is 2.33. The first-order valence-corrected chi connectivity index (χ1v) is 6.43. The third kappa shape index (κ3) is 2.64. The SMILES string of the molecule is CC1(C)C(=O)NCCN1C(=O)NC(C(=O)O)C1CC1. The molecule has 106 valence electrons. The van der Waals surface area contributed by atoms with Gasteiger partial charge in [-0.3, -0.25) is 4.79 Å². The van der Waals surface area contributed by atoms with Crippen LogP contribution in [0.25, 0.3) is 0 Å². The Kier molecular flexibility index (Phi) is 3.38. The highest BCUT2D eigenvalue weighted by Gasteiger charge is 2.43. The van der Waals surface area contributed by atoms with Gasteiger partial charge in [-0.25, -0.2) is 9.59 Å². The molecular weight excluding hydrogens is 250 g/mol. The number of hydrogen-bond donors (Lipinski definition) is 3. The Morgan fingerprint density at radius 2 is 2.11 bits per heavy atom. The molecule has 3 N–H and O–H groups in total. The van der Waals surface area contributed by atoms with Crippen LogP contribution in [0.15, 0.2) is 0 Å². The van der Waals surface area contributed by atoms with E-state index in [1.54, 1.807) is 13.8 Å². The molecule has 0 aromatic rings. The maximum atomic E-state index is 12.2. The molecule has 0 aromatic heterocycles. The predicted molar refractivity (Wildman–Crippen MR) is 66.5 cm³/mol.